The van der Waals surface area contributed by atoms with E-state index >= 15 is 0 Å². The van der Waals surface area contributed by atoms with Crippen LogP contribution in [0.25, 0.3) is 5.65 Å². The van der Waals surface area contributed by atoms with Gasteiger partial charge in [-0.1, -0.05) is 0 Å². The van der Waals surface area contributed by atoms with Gasteiger partial charge in [0.05, 0.1) is 6.07 Å². The molecule has 2 rings (SSSR count). The Kier molecular flexibility index (Phi) is 0.583. The van der Waals surface area contributed by atoms with E-state index < -0.39 is 0 Å². The van der Waals surface area contributed by atoms with E-state index in [2.05, 4.69) is 20.6 Å². The minimum Gasteiger partial charge on any atom is -0.268 e. The zero-order valence-electron chi connectivity index (χ0n) is 4.33. The molecule has 2 N–H and O–H groups in total. The molecule has 0 aliphatic rings. The fraction of sp³-hybridized carbons (Fsp3) is 0. The van der Waals surface area contributed by atoms with Crippen molar-refractivity contribution in [3.8, 4) is 0 Å². The molecule has 0 bridgehead atoms. The normalized spacial score (nSPS) is 10.7. The van der Waals surface area contributed by atoms with Gasteiger partial charge in [-0.05, 0) is 5.21 Å². The van der Waals surface area contributed by atoms with Crippen LogP contribution in [0, 0.1) is 0 Å². The first-order chi connectivity index (χ1) is 4.36. The van der Waals surface area contributed by atoms with E-state index in [-0.39, 0.29) is 5.56 Å². The quantitative estimate of drug-likeness (QED) is 0.461. The van der Waals surface area contributed by atoms with Crippen molar-refractivity contribution in [3.05, 3.63) is 16.4 Å². The molecule has 0 aliphatic carbocycles. The molecule has 0 radical (unpaired) electrons. The largest absolute Gasteiger partial charge is 0.268 e. The Bertz CT molecular complexity index is 335. The Morgan fingerprint density at radius 3 is 3.33 bits per heavy atom. The van der Waals surface area contributed by atoms with Crippen LogP contribution in [0.15, 0.2) is 10.9 Å². The predicted molar refractivity (Wildman–Crippen MR) is 28.0 cm³/mol. The van der Waals surface area contributed by atoms with Gasteiger partial charge in [0.15, 0.2) is 0 Å². The molecule has 0 amide bonds. The zero-order chi connectivity index (χ0) is 6.27. The number of hydrogen-bond acceptors (Lipinski definition) is 3. The van der Waals surface area contributed by atoms with E-state index in [4.69, 9.17) is 0 Å². The SMILES string of the molecule is O=c1cc2nn[nH]n2[nH]1. The molecule has 0 fully saturated rings. The van der Waals surface area contributed by atoms with Gasteiger partial charge in [0.25, 0.3) is 5.56 Å². The third-order valence-corrected chi connectivity index (χ3v) is 1.01. The summed E-state index contributed by atoms with van der Waals surface area (Å²) >= 11 is 0. The van der Waals surface area contributed by atoms with E-state index in [1.165, 1.54) is 10.7 Å². The summed E-state index contributed by atoms with van der Waals surface area (Å²) < 4.78 is 1.34. The summed E-state index contributed by atoms with van der Waals surface area (Å²) in [6, 6.07) is 1.35. The van der Waals surface area contributed by atoms with E-state index in [0.717, 1.165) is 0 Å². The van der Waals surface area contributed by atoms with E-state index in [0.29, 0.717) is 5.65 Å². The zero-order valence-corrected chi connectivity index (χ0v) is 4.33. The van der Waals surface area contributed by atoms with E-state index in [1.54, 1.807) is 0 Å². The maximum atomic E-state index is 10.5. The van der Waals surface area contributed by atoms with E-state index in [9.17, 15) is 4.79 Å². The Balaban J connectivity index is 3.08. The maximum absolute atomic E-state index is 10.5. The van der Waals surface area contributed by atoms with Crippen molar-refractivity contribution >= 4 is 5.65 Å². The number of aromatic amines is 2. The Labute approximate surface area is 48.5 Å². The topological polar surface area (TPSA) is 78.8 Å². The highest BCUT2D eigenvalue weighted by atomic mass is 16.1. The Morgan fingerprint density at radius 2 is 2.56 bits per heavy atom. The highest BCUT2D eigenvalue weighted by molar-refractivity contribution is 5.31. The van der Waals surface area contributed by atoms with Crippen molar-refractivity contribution in [2.75, 3.05) is 0 Å². The number of rotatable bonds is 0. The molecule has 2 aromatic rings. The fourth-order valence-electron chi connectivity index (χ4n) is 0.650. The van der Waals surface area contributed by atoms with Crippen molar-refractivity contribution in [3.63, 3.8) is 0 Å². The molecule has 2 heterocycles. The number of tetrazole rings is 1. The van der Waals surface area contributed by atoms with Gasteiger partial charge in [-0.25, -0.2) is 5.10 Å². The number of aromatic nitrogens is 5. The van der Waals surface area contributed by atoms with Gasteiger partial charge in [0.2, 0.25) is 5.65 Å². The molecule has 6 heteroatoms. The number of H-pyrrole nitrogens is 2. The molecule has 0 atom stereocenters. The summed E-state index contributed by atoms with van der Waals surface area (Å²) in [5.74, 6) is 0. The molecule has 0 unspecified atom stereocenters. The summed E-state index contributed by atoms with van der Waals surface area (Å²) in [7, 11) is 0. The fourth-order valence-corrected chi connectivity index (χ4v) is 0.650. The first kappa shape index (κ1) is 4.30. The monoisotopic (exact) mass is 125 g/mol. The average molecular weight is 125 g/mol. The van der Waals surface area contributed by atoms with Crippen LogP contribution in [0.1, 0.15) is 0 Å². The van der Waals surface area contributed by atoms with Crippen molar-refractivity contribution in [1.82, 2.24) is 25.3 Å². The average Bonchev–Trinajstić information content (AvgIpc) is 2.22. The van der Waals surface area contributed by atoms with E-state index in [1.807, 2.05) is 0 Å². The smallest absolute Gasteiger partial charge is 0.268 e. The van der Waals surface area contributed by atoms with Crippen LogP contribution in [-0.4, -0.2) is 25.3 Å². The molecule has 0 spiro atoms. The van der Waals surface area contributed by atoms with Gasteiger partial charge in [0.1, 0.15) is 0 Å². The standard InChI is InChI=1S/C3H3N5O/c9-3-1-2-4-6-7-8(2)5-3/h1H,(H,4,7)(H,5,9). The van der Waals surface area contributed by atoms with Crippen LogP contribution < -0.4 is 5.56 Å². The number of fused-ring (bicyclic) bond motifs is 1. The molecule has 2 aromatic heterocycles. The Hall–Kier alpha value is -1.59. The van der Waals surface area contributed by atoms with Crippen molar-refractivity contribution in [2.45, 2.75) is 0 Å². The molecular formula is C3H3N5O. The molecule has 6 nitrogen and oxygen atoms in total. The van der Waals surface area contributed by atoms with Crippen LogP contribution in [-0.2, 0) is 0 Å². The number of hydrogen-bond donors (Lipinski definition) is 2. The third kappa shape index (κ3) is 0.463. The highest BCUT2D eigenvalue weighted by Crippen LogP contribution is 1.83. The highest BCUT2D eigenvalue weighted by Gasteiger charge is 1.95. The van der Waals surface area contributed by atoms with Gasteiger partial charge < -0.3 is 0 Å². The predicted octanol–water partition coefficient (Wildman–Crippen LogP) is -1.25. The number of nitrogens with one attached hydrogen (secondary N) is 2. The second-order valence-corrected chi connectivity index (χ2v) is 1.61. The van der Waals surface area contributed by atoms with Crippen LogP contribution in [0.3, 0.4) is 0 Å². The third-order valence-electron chi connectivity index (χ3n) is 1.01. The summed E-state index contributed by atoms with van der Waals surface area (Å²) in [5, 5.41) is 11.8. The van der Waals surface area contributed by atoms with Crippen LogP contribution in [0.2, 0.25) is 0 Å². The summed E-state index contributed by atoms with van der Waals surface area (Å²) in [6.07, 6.45) is 0. The minimum atomic E-state index is -0.184. The molecular weight excluding hydrogens is 122 g/mol. The molecule has 0 saturated carbocycles. The van der Waals surface area contributed by atoms with Crippen LogP contribution in [0.4, 0.5) is 0 Å². The van der Waals surface area contributed by atoms with Crippen LogP contribution >= 0.6 is 0 Å². The van der Waals surface area contributed by atoms with Crippen LogP contribution in [0.5, 0.6) is 0 Å². The lowest BCUT2D eigenvalue weighted by Crippen LogP contribution is -1.99. The van der Waals surface area contributed by atoms with Crippen molar-refractivity contribution in [2.24, 2.45) is 0 Å². The number of nitrogens with zero attached hydrogens (tertiary/aromatic N) is 3. The van der Waals surface area contributed by atoms with Gasteiger partial charge in [-0.3, -0.25) is 4.79 Å². The first-order valence-corrected chi connectivity index (χ1v) is 2.35. The molecule has 0 saturated heterocycles. The van der Waals surface area contributed by atoms with Gasteiger partial charge >= 0.3 is 0 Å². The second kappa shape index (κ2) is 1.22. The lowest BCUT2D eigenvalue weighted by molar-refractivity contribution is 0.734. The molecule has 46 valence electrons. The maximum Gasteiger partial charge on any atom is 0.268 e. The van der Waals surface area contributed by atoms with Crippen molar-refractivity contribution in [1.29, 1.82) is 0 Å². The van der Waals surface area contributed by atoms with Gasteiger partial charge in [-0.2, -0.15) is 9.84 Å². The summed E-state index contributed by atoms with van der Waals surface area (Å²) in [6.45, 7) is 0. The van der Waals surface area contributed by atoms with Crippen molar-refractivity contribution < 1.29 is 0 Å². The van der Waals surface area contributed by atoms with Gasteiger partial charge in [-0.15, -0.1) is 5.10 Å². The minimum absolute atomic E-state index is 0.184. The first-order valence-electron chi connectivity index (χ1n) is 2.35. The Morgan fingerprint density at radius 1 is 1.67 bits per heavy atom. The van der Waals surface area contributed by atoms with Gasteiger partial charge in [0, 0.05) is 0 Å². The lowest BCUT2D eigenvalue weighted by Gasteiger charge is -1.72. The molecule has 0 aromatic carbocycles. The summed E-state index contributed by atoms with van der Waals surface area (Å²) in [4.78, 5) is 10.5. The summed E-state index contributed by atoms with van der Waals surface area (Å²) in [5.41, 5.74) is 0.316. The molecule has 9 heavy (non-hydrogen) atoms. The lowest BCUT2D eigenvalue weighted by atomic mass is 10.7. The second-order valence-electron chi connectivity index (χ2n) is 1.61. The molecule has 0 aliphatic heterocycles.